The maximum atomic E-state index is 14.4. The summed E-state index contributed by atoms with van der Waals surface area (Å²) in [5.41, 5.74) is 3.12. The summed E-state index contributed by atoms with van der Waals surface area (Å²) in [6.07, 6.45) is 5.88. The molecule has 0 atom stereocenters. The molecule has 3 aromatic rings. The minimum atomic E-state index is -0.457. The van der Waals surface area contributed by atoms with Crippen LogP contribution in [0, 0.1) is 12.7 Å². The minimum absolute atomic E-state index is 0.0659. The molecule has 4 rings (SSSR count). The second kappa shape index (κ2) is 8.33. The number of nitrogens with zero attached hydrogens (tertiary/aromatic N) is 2. The molecule has 1 fully saturated rings. The van der Waals surface area contributed by atoms with Crippen LogP contribution in [0.25, 0.3) is 5.65 Å². The predicted molar refractivity (Wildman–Crippen MR) is 108 cm³/mol. The van der Waals surface area contributed by atoms with Gasteiger partial charge in [0.25, 0.3) is 0 Å². The lowest BCUT2D eigenvalue weighted by Gasteiger charge is -2.19. The summed E-state index contributed by atoms with van der Waals surface area (Å²) in [5, 5.41) is 0. The summed E-state index contributed by atoms with van der Waals surface area (Å²) < 4.78 is 27.5. The highest BCUT2D eigenvalue weighted by molar-refractivity contribution is 5.98. The summed E-state index contributed by atoms with van der Waals surface area (Å²) in [4.78, 5) is 17.6. The molecule has 0 bridgehead atoms. The van der Waals surface area contributed by atoms with Crippen molar-refractivity contribution in [3.05, 3.63) is 64.9 Å². The Morgan fingerprint density at radius 1 is 1.31 bits per heavy atom. The van der Waals surface area contributed by atoms with Gasteiger partial charge in [-0.05, 0) is 38.3 Å². The smallest absolute Gasteiger partial charge is 0.170 e. The summed E-state index contributed by atoms with van der Waals surface area (Å²) >= 11 is 0. The summed E-state index contributed by atoms with van der Waals surface area (Å²) in [6.45, 7) is 5.54. The van der Waals surface area contributed by atoms with Crippen molar-refractivity contribution in [2.75, 3.05) is 19.8 Å². The second-order valence-corrected chi connectivity index (χ2v) is 7.45. The van der Waals surface area contributed by atoms with E-state index < -0.39 is 5.82 Å². The second-order valence-electron chi connectivity index (χ2n) is 7.45. The molecule has 6 heteroatoms. The molecular weight excluding hydrogens is 371 g/mol. The van der Waals surface area contributed by atoms with Gasteiger partial charge < -0.3 is 13.9 Å². The Labute approximate surface area is 169 Å². The van der Waals surface area contributed by atoms with E-state index in [1.165, 1.54) is 6.07 Å². The molecule has 152 valence electrons. The van der Waals surface area contributed by atoms with Crippen LogP contribution < -0.4 is 4.74 Å². The number of rotatable bonds is 6. The number of ketones is 1. The van der Waals surface area contributed by atoms with Gasteiger partial charge in [-0.15, -0.1) is 0 Å². The molecule has 0 saturated carbocycles. The largest absolute Gasteiger partial charge is 0.493 e. The number of imidazole rings is 1. The van der Waals surface area contributed by atoms with E-state index in [1.54, 1.807) is 19.1 Å². The Morgan fingerprint density at radius 2 is 2.10 bits per heavy atom. The molecule has 0 radical (unpaired) electrons. The molecule has 0 unspecified atom stereocenters. The third kappa shape index (κ3) is 4.03. The van der Waals surface area contributed by atoms with Crippen molar-refractivity contribution < 1.29 is 18.7 Å². The van der Waals surface area contributed by atoms with E-state index in [2.05, 4.69) is 0 Å². The van der Waals surface area contributed by atoms with Crippen molar-refractivity contribution in [1.29, 1.82) is 0 Å². The molecule has 0 N–H and O–H groups in total. The number of aryl methyl sites for hydroxylation is 1. The van der Waals surface area contributed by atoms with Gasteiger partial charge in [0.15, 0.2) is 5.78 Å². The maximum absolute atomic E-state index is 14.4. The van der Waals surface area contributed by atoms with Crippen molar-refractivity contribution >= 4 is 11.4 Å². The first kappa shape index (κ1) is 19.6. The van der Waals surface area contributed by atoms with Gasteiger partial charge in [0.1, 0.15) is 17.2 Å². The number of ether oxygens (including phenoxy) is 2. The lowest BCUT2D eigenvalue weighted by Crippen LogP contribution is -2.14. The van der Waals surface area contributed by atoms with Crippen molar-refractivity contribution in [1.82, 2.24) is 9.38 Å². The molecule has 1 aliphatic heterocycles. The molecule has 3 heterocycles. The zero-order valence-corrected chi connectivity index (χ0v) is 16.8. The Hall–Kier alpha value is -2.73. The van der Waals surface area contributed by atoms with E-state index >= 15 is 0 Å². The molecular formula is C23H25FN2O3. The third-order valence-corrected chi connectivity index (χ3v) is 5.43. The van der Waals surface area contributed by atoms with Crippen molar-refractivity contribution in [3.63, 3.8) is 0 Å². The van der Waals surface area contributed by atoms with Crippen LogP contribution in [0.5, 0.6) is 5.75 Å². The fourth-order valence-corrected chi connectivity index (χ4v) is 3.82. The SMILES string of the molecule is CCOc1cc2nc(C3CCOCC3)cn2cc1CC(=O)c1cccc(C)c1F. The molecule has 1 saturated heterocycles. The zero-order chi connectivity index (χ0) is 20.4. The predicted octanol–water partition coefficient (Wildman–Crippen LogP) is 4.50. The fourth-order valence-electron chi connectivity index (χ4n) is 3.82. The van der Waals surface area contributed by atoms with E-state index in [9.17, 15) is 9.18 Å². The summed E-state index contributed by atoms with van der Waals surface area (Å²) in [6, 6.07) is 6.76. The highest BCUT2D eigenvalue weighted by Crippen LogP contribution is 2.29. The standard InChI is InChI=1S/C23H25FN2O3/c1-3-29-21-12-22-25-19(16-7-9-28-10-8-16)14-26(22)13-17(21)11-20(27)18-6-4-5-15(2)23(18)24/h4-6,12-14,16H,3,7-11H2,1-2H3. The lowest BCUT2D eigenvalue weighted by atomic mass is 9.97. The monoisotopic (exact) mass is 396 g/mol. The molecule has 1 aromatic carbocycles. The Bertz CT molecular complexity index is 1040. The van der Waals surface area contributed by atoms with Gasteiger partial charge in [-0.25, -0.2) is 9.37 Å². The van der Waals surface area contributed by atoms with Gasteiger partial charge in [-0.2, -0.15) is 0 Å². The van der Waals surface area contributed by atoms with Crippen LogP contribution >= 0.6 is 0 Å². The Kier molecular flexibility index (Phi) is 5.62. The summed E-state index contributed by atoms with van der Waals surface area (Å²) in [7, 11) is 0. The van der Waals surface area contributed by atoms with E-state index in [-0.39, 0.29) is 17.8 Å². The first-order valence-corrected chi connectivity index (χ1v) is 10.1. The van der Waals surface area contributed by atoms with Crippen molar-refractivity contribution in [3.8, 4) is 5.75 Å². The van der Waals surface area contributed by atoms with E-state index in [0.29, 0.717) is 23.8 Å². The van der Waals surface area contributed by atoms with E-state index in [1.807, 2.05) is 29.8 Å². The third-order valence-electron chi connectivity index (χ3n) is 5.43. The van der Waals surface area contributed by atoms with Gasteiger partial charge in [-0.3, -0.25) is 4.79 Å². The van der Waals surface area contributed by atoms with Crippen LogP contribution in [-0.4, -0.2) is 35.0 Å². The van der Waals surface area contributed by atoms with E-state index in [0.717, 1.165) is 43.0 Å². The number of halogens is 1. The van der Waals surface area contributed by atoms with Gasteiger partial charge >= 0.3 is 0 Å². The van der Waals surface area contributed by atoms with Gasteiger partial charge in [0.2, 0.25) is 0 Å². The van der Waals surface area contributed by atoms with Crippen LogP contribution in [0.2, 0.25) is 0 Å². The number of hydrogen-bond donors (Lipinski definition) is 0. The van der Waals surface area contributed by atoms with Crippen LogP contribution in [0.15, 0.2) is 36.7 Å². The molecule has 1 aliphatic rings. The van der Waals surface area contributed by atoms with Crippen molar-refractivity contribution in [2.24, 2.45) is 0 Å². The van der Waals surface area contributed by atoms with Crippen LogP contribution in [0.4, 0.5) is 4.39 Å². The highest BCUT2D eigenvalue weighted by Gasteiger charge is 2.21. The van der Waals surface area contributed by atoms with Crippen molar-refractivity contribution in [2.45, 2.75) is 39.0 Å². The van der Waals surface area contributed by atoms with Gasteiger partial charge in [-0.1, -0.05) is 12.1 Å². The number of Topliss-reactive ketones (excluding diaryl/α,β-unsaturated/α-hetero) is 1. The number of benzene rings is 1. The Balaban J connectivity index is 1.67. The van der Waals surface area contributed by atoms with Crippen LogP contribution in [-0.2, 0) is 11.2 Å². The molecule has 5 nitrogen and oxygen atoms in total. The fraction of sp³-hybridized carbons (Fsp3) is 0.391. The topological polar surface area (TPSA) is 52.8 Å². The average molecular weight is 396 g/mol. The number of carbonyl (C=O) groups is 1. The van der Waals surface area contributed by atoms with E-state index in [4.69, 9.17) is 14.5 Å². The molecule has 0 aliphatic carbocycles. The Morgan fingerprint density at radius 3 is 2.86 bits per heavy atom. The number of carbonyl (C=O) groups excluding carboxylic acids is 1. The number of pyridine rings is 1. The van der Waals surface area contributed by atoms with Gasteiger partial charge in [0, 0.05) is 49.6 Å². The number of fused-ring (bicyclic) bond motifs is 1. The first-order valence-electron chi connectivity index (χ1n) is 10.1. The number of aromatic nitrogens is 2. The zero-order valence-electron chi connectivity index (χ0n) is 16.8. The number of hydrogen-bond acceptors (Lipinski definition) is 4. The average Bonchev–Trinajstić information content (AvgIpc) is 3.14. The molecule has 0 spiro atoms. The molecule has 29 heavy (non-hydrogen) atoms. The normalized spacial score (nSPS) is 15.0. The highest BCUT2D eigenvalue weighted by atomic mass is 19.1. The quantitative estimate of drug-likeness (QED) is 0.576. The lowest BCUT2D eigenvalue weighted by molar-refractivity contribution is 0.0846. The first-order chi connectivity index (χ1) is 14.1. The molecule has 0 amide bonds. The van der Waals surface area contributed by atoms with Crippen LogP contribution in [0.3, 0.4) is 0 Å². The van der Waals surface area contributed by atoms with Gasteiger partial charge in [0.05, 0.1) is 17.9 Å². The maximum Gasteiger partial charge on any atom is 0.170 e. The molecule has 2 aromatic heterocycles. The summed E-state index contributed by atoms with van der Waals surface area (Å²) in [5.74, 6) is 0.272. The minimum Gasteiger partial charge on any atom is -0.493 e. The van der Waals surface area contributed by atoms with Crippen LogP contribution in [0.1, 0.15) is 52.9 Å².